The summed E-state index contributed by atoms with van der Waals surface area (Å²) in [6.45, 7) is 8.54. The topological polar surface area (TPSA) is 62.2 Å². The van der Waals surface area contributed by atoms with E-state index in [9.17, 15) is 19.0 Å². The van der Waals surface area contributed by atoms with Gasteiger partial charge < -0.3 is 19.7 Å². The van der Waals surface area contributed by atoms with Crippen molar-refractivity contribution in [3.8, 4) is 5.75 Å². The molecule has 1 saturated heterocycles. The molecule has 0 amide bonds. The molecule has 1 atom stereocenters. The Kier molecular flexibility index (Phi) is 7.07. The Morgan fingerprint density at radius 3 is 2.47 bits per heavy atom. The summed E-state index contributed by atoms with van der Waals surface area (Å²) in [6, 6.07) is 3.28. The summed E-state index contributed by atoms with van der Waals surface area (Å²) in [5.41, 5.74) is -1.83. The number of benzene rings is 1. The molecule has 1 aromatic carbocycles. The van der Waals surface area contributed by atoms with Crippen LogP contribution in [-0.4, -0.2) is 65.8 Å². The molecule has 0 aromatic heterocycles. The Morgan fingerprint density at radius 2 is 1.83 bits per heavy atom. The Balaban J connectivity index is 1.58. The first-order valence-electron chi connectivity index (χ1n) is 10.8. The van der Waals surface area contributed by atoms with E-state index in [1.54, 1.807) is 0 Å². The highest BCUT2D eigenvalue weighted by Crippen LogP contribution is 2.41. The Morgan fingerprint density at radius 1 is 1.13 bits per heavy atom. The second-order valence-corrected chi connectivity index (χ2v) is 10.2. The van der Waals surface area contributed by atoms with Crippen LogP contribution < -0.4 is 4.74 Å². The van der Waals surface area contributed by atoms with Crippen LogP contribution in [-0.2, 0) is 4.74 Å². The molecule has 1 aliphatic heterocycles. The van der Waals surface area contributed by atoms with Gasteiger partial charge in [-0.05, 0) is 49.1 Å². The quantitative estimate of drug-likeness (QED) is 0.755. The minimum atomic E-state index is -1.31. The number of rotatable bonds is 5. The van der Waals surface area contributed by atoms with Crippen LogP contribution >= 0.6 is 0 Å². The lowest BCUT2D eigenvalue weighted by Crippen LogP contribution is -2.53. The normalized spacial score (nSPS) is 31.4. The van der Waals surface area contributed by atoms with Gasteiger partial charge in [0, 0.05) is 25.7 Å². The van der Waals surface area contributed by atoms with Crippen molar-refractivity contribution in [2.45, 2.75) is 57.7 Å². The molecule has 0 radical (unpaired) electrons. The van der Waals surface area contributed by atoms with Crippen molar-refractivity contribution in [2.24, 2.45) is 11.3 Å². The fourth-order valence-corrected chi connectivity index (χ4v) is 4.60. The molecule has 1 aromatic rings. The molecule has 0 bridgehead atoms. The third-order valence-electron chi connectivity index (χ3n) is 6.50. The summed E-state index contributed by atoms with van der Waals surface area (Å²) in [6.07, 6.45) is 3.48. The maximum Gasteiger partial charge on any atom is 0.162 e. The molecule has 2 aliphatic rings. The van der Waals surface area contributed by atoms with Gasteiger partial charge in [0.05, 0.1) is 18.8 Å². The number of aliphatic hydroxyl groups is 2. The van der Waals surface area contributed by atoms with E-state index in [1.807, 2.05) is 4.90 Å². The van der Waals surface area contributed by atoms with Crippen molar-refractivity contribution < 1.29 is 28.5 Å². The number of β-amino-alcohol motifs (C(OH)–C–C–N with tert-alkyl or cyclic N) is 2. The smallest absolute Gasteiger partial charge is 0.162 e. The molecule has 0 unspecified atom stereocenters. The average Bonchev–Trinajstić information content (AvgIpc) is 2.83. The summed E-state index contributed by atoms with van der Waals surface area (Å²) in [4.78, 5) is 2.03. The molecule has 2 N–H and O–H groups in total. The van der Waals surface area contributed by atoms with Crippen LogP contribution in [0.2, 0.25) is 0 Å². The summed E-state index contributed by atoms with van der Waals surface area (Å²) < 4.78 is 37.6. The van der Waals surface area contributed by atoms with Crippen molar-refractivity contribution >= 4 is 0 Å². The predicted molar refractivity (Wildman–Crippen MR) is 110 cm³/mol. The van der Waals surface area contributed by atoms with Gasteiger partial charge in [-0.3, -0.25) is 4.90 Å². The predicted octanol–water partition coefficient (Wildman–Crippen LogP) is 3.37. The van der Waals surface area contributed by atoms with Gasteiger partial charge in [-0.25, -0.2) is 8.78 Å². The van der Waals surface area contributed by atoms with Gasteiger partial charge in [0.2, 0.25) is 0 Å². The van der Waals surface area contributed by atoms with Crippen LogP contribution in [0.3, 0.4) is 0 Å². The number of nitrogens with zero attached hydrogens (tertiary/aromatic N) is 1. The van der Waals surface area contributed by atoms with Crippen molar-refractivity contribution in [1.82, 2.24) is 4.90 Å². The molecule has 170 valence electrons. The van der Waals surface area contributed by atoms with Gasteiger partial charge >= 0.3 is 0 Å². The molecule has 2 fully saturated rings. The minimum absolute atomic E-state index is 0.0811. The zero-order valence-corrected chi connectivity index (χ0v) is 18.3. The van der Waals surface area contributed by atoms with Crippen LogP contribution in [0.5, 0.6) is 5.75 Å². The van der Waals surface area contributed by atoms with Crippen molar-refractivity contribution in [3.63, 3.8) is 0 Å². The van der Waals surface area contributed by atoms with Gasteiger partial charge in [-0.2, -0.15) is 0 Å². The number of hydrogen-bond acceptors (Lipinski definition) is 5. The van der Waals surface area contributed by atoms with E-state index in [0.717, 1.165) is 37.8 Å². The number of ether oxygens (including phenoxy) is 2. The third kappa shape index (κ3) is 6.13. The average molecular weight is 428 g/mol. The van der Waals surface area contributed by atoms with Gasteiger partial charge in [-0.1, -0.05) is 20.8 Å². The first-order valence-corrected chi connectivity index (χ1v) is 10.8. The molecule has 7 heteroatoms. The Labute approximate surface area is 178 Å². The third-order valence-corrected chi connectivity index (χ3v) is 6.50. The highest BCUT2D eigenvalue weighted by molar-refractivity contribution is 5.23. The lowest BCUT2D eigenvalue weighted by molar-refractivity contribution is -0.0808. The monoisotopic (exact) mass is 427 g/mol. The highest BCUT2D eigenvalue weighted by Gasteiger charge is 2.41. The zero-order valence-electron chi connectivity index (χ0n) is 18.3. The summed E-state index contributed by atoms with van der Waals surface area (Å²) in [5, 5.41) is 22.2. The van der Waals surface area contributed by atoms with Gasteiger partial charge in [0.1, 0.15) is 18.0 Å². The Bertz CT molecular complexity index is 716. The number of halogens is 2. The molecule has 30 heavy (non-hydrogen) atoms. The lowest BCUT2D eigenvalue weighted by Gasteiger charge is -2.43. The molecule has 1 heterocycles. The summed E-state index contributed by atoms with van der Waals surface area (Å²) in [7, 11) is 0. The molecule has 3 rings (SSSR count). The summed E-state index contributed by atoms with van der Waals surface area (Å²) >= 11 is 0. The van der Waals surface area contributed by atoms with Crippen LogP contribution in [0, 0.1) is 23.0 Å². The molecular formula is C23H35F2NO4. The van der Waals surface area contributed by atoms with Crippen LogP contribution in [0.15, 0.2) is 18.2 Å². The molecule has 1 aliphatic carbocycles. The highest BCUT2D eigenvalue weighted by atomic mass is 19.2. The molecule has 1 saturated carbocycles. The fourth-order valence-electron chi connectivity index (χ4n) is 4.60. The van der Waals surface area contributed by atoms with E-state index < -0.39 is 22.8 Å². The fraction of sp³-hybridized carbons (Fsp3) is 0.739. The lowest BCUT2D eigenvalue weighted by atomic mass is 9.68. The second-order valence-electron chi connectivity index (χ2n) is 10.2. The van der Waals surface area contributed by atoms with E-state index in [0.29, 0.717) is 25.6 Å². The maximum atomic E-state index is 13.4. The first kappa shape index (κ1) is 23.4. The molecule has 5 nitrogen and oxygen atoms in total. The molecular weight excluding hydrogens is 392 g/mol. The minimum Gasteiger partial charge on any atom is -0.490 e. The Hall–Kier alpha value is -1.28. The van der Waals surface area contributed by atoms with Crippen LogP contribution in [0.4, 0.5) is 8.78 Å². The largest absolute Gasteiger partial charge is 0.490 e. The zero-order chi connectivity index (χ0) is 22.0. The number of hydrogen-bond donors (Lipinski definition) is 2. The van der Waals surface area contributed by atoms with Crippen molar-refractivity contribution in [1.29, 1.82) is 0 Å². The van der Waals surface area contributed by atoms with Gasteiger partial charge in [0.15, 0.2) is 11.6 Å². The van der Waals surface area contributed by atoms with E-state index in [-0.39, 0.29) is 30.9 Å². The van der Waals surface area contributed by atoms with Crippen LogP contribution in [0.1, 0.15) is 46.5 Å². The van der Waals surface area contributed by atoms with E-state index in [1.165, 1.54) is 6.07 Å². The summed E-state index contributed by atoms with van der Waals surface area (Å²) in [5.74, 6) is -1.19. The maximum absolute atomic E-state index is 13.4. The van der Waals surface area contributed by atoms with E-state index >= 15 is 0 Å². The van der Waals surface area contributed by atoms with Crippen molar-refractivity contribution in [2.75, 3.05) is 39.5 Å². The van der Waals surface area contributed by atoms with Crippen molar-refractivity contribution in [3.05, 3.63) is 29.8 Å². The van der Waals surface area contributed by atoms with Gasteiger partial charge in [-0.15, -0.1) is 0 Å². The van der Waals surface area contributed by atoms with E-state index in [2.05, 4.69) is 20.8 Å². The molecule has 0 spiro atoms. The second kappa shape index (κ2) is 9.07. The first-order chi connectivity index (χ1) is 14.0. The SMILES string of the molecule is CC(C)(C)C1CCC(O)(CN2CCOC[C@@](O)(COc3ccc(F)c(F)c3)C2)CC1. The standard InChI is InChI=1S/C23H35F2NO4/c1-21(2,3)17-6-8-22(27,9-7-17)13-26-10-11-29-15-23(28,14-26)16-30-18-4-5-19(24)20(25)12-18/h4-5,12,17,27-28H,6-11,13-16H2,1-3H3/t17?,22?,23-/m1/s1. The van der Waals surface area contributed by atoms with Gasteiger partial charge in [0.25, 0.3) is 0 Å². The van der Waals surface area contributed by atoms with Crippen LogP contribution in [0.25, 0.3) is 0 Å². The van der Waals surface area contributed by atoms with E-state index in [4.69, 9.17) is 9.47 Å².